The van der Waals surface area contributed by atoms with Gasteiger partial charge in [0.05, 0.1) is 6.04 Å². The number of rotatable bonds is 8. The zero-order valence-corrected chi connectivity index (χ0v) is 15.9. The summed E-state index contributed by atoms with van der Waals surface area (Å²) in [6.07, 6.45) is 2.97. The predicted molar refractivity (Wildman–Crippen MR) is 96.4 cm³/mol. The molecule has 0 saturated carbocycles. The summed E-state index contributed by atoms with van der Waals surface area (Å²) < 4.78 is 10.9. The van der Waals surface area contributed by atoms with E-state index in [0.717, 1.165) is 45.0 Å². The fraction of sp³-hybridized carbons (Fsp3) is 0.882. The zero-order chi connectivity index (χ0) is 18.0. The lowest BCUT2D eigenvalue weighted by Crippen LogP contribution is -2.63. The van der Waals surface area contributed by atoms with Crippen molar-refractivity contribution in [1.82, 2.24) is 15.5 Å². The standard InChI is InChI=1S/C17H34N4O3/c1-6-7-10-23-11-8-9-19-15(18-5)20-14-12-21(13-14)16(22)24-17(2,3)4/h14H,6-13H2,1-5H3,(H2,18,19,20). The summed E-state index contributed by atoms with van der Waals surface area (Å²) in [5.74, 6) is 0.761. The van der Waals surface area contributed by atoms with Crippen molar-refractivity contribution < 1.29 is 14.3 Å². The Morgan fingerprint density at radius 2 is 1.92 bits per heavy atom. The molecule has 1 fully saturated rings. The minimum absolute atomic E-state index is 0.213. The summed E-state index contributed by atoms with van der Waals surface area (Å²) in [5, 5.41) is 6.58. The molecule has 0 unspecified atom stereocenters. The van der Waals surface area contributed by atoms with Crippen LogP contribution in [0.1, 0.15) is 47.0 Å². The summed E-state index contributed by atoms with van der Waals surface area (Å²) in [7, 11) is 1.75. The Bertz CT molecular complexity index is 401. The average Bonchev–Trinajstić information content (AvgIpc) is 2.45. The summed E-state index contributed by atoms with van der Waals surface area (Å²) in [4.78, 5) is 17.8. The molecule has 0 aromatic carbocycles. The molecule has 1 rings (SSSR count). The van der Waals surface area contributed by atoms with E-state index in [0.29, 0.717) is 13.1 Å². The molecule has 0 aliphatic carbocycles. The highest BCUT2D eigenvalue weighted by atomic mass is 16.6. The zero-order valence-electron chi connectivity index (χ0n) is 15.9. The number of guanidine groups is 1. The fourth-order valence-corrected chi connectivity index (χ4v) is 2.16. The van der Waals surface area contributed by atoms with Crippen molar-refractivity contribution in [3.05, 3.63) is 0 Å². The van der Waals surface area contributed by atoms with E-state index in [1.54, 1.807) is 11.9 Å². The number of carbonyl (C=O) groups is 1. The smallest absolute Gasteiger partial charge is 0.410 e. The van der Waals surface area contributed by atoms with Gasteiger partial charge in [0, 0.05) is 39.9 Å². The lowest BCUT2D eigenvalue weighted by molar-refractivity contribution is 0.00700. The number of ether oxygens (including phenoxy) is 2. The minimum atomic E-state index is -0.452. The SMILES string of the molecule is CCCCOCCCNC(=NC)NC1CN(C(=O)OC(C)(C)C)C1. The van der Waals surface area contributed by atoms with Crippen molar-refractivity contribution in [1.29, 1.82) is 0 Å². The lowest BCUT2D eigenvalue weighted by Gasteiger charge is -2.40. The van der Waals surface area contributed by atoms with Gasteiger partial charge in [-0.25, -0.2) is 4.79 Å². The normalized spacial score (nSPS) is 15.9. The maximum absolute atomic E-state index is 11.9. The van der Waals surface area contributed by atoms with Gasteiger partial charge in [-0.2, -0.15) is 0 Å². The quantitative estimate of drug-likeness (QED) is 0.401. The van der Waals surface area contributed by atoms with Crippen LogP contribution in [0.5, 0.6) is 0 Å². The van der Waals surface area contributed by atoms with Crippen LogP contribution in [0, 0.1) is 0 Å². The van der Waals surface area contributed by atoms with Crippen LogP contribution in [0.2, 0.25) is 0 Å². The second kappa shape index (κ2) is 10.4. The summed E-state index contributed by atoms with van der Waals surface area (Å²) >= 11 is 0. The van der Waals surface area contributed by atoms with Gasteiger partial charge in [0.2, 0.25) is 0 Å². The minimum Gasteiger partial charge on any atom is -0.444 e. The molecule has 1 heterocycles. The topological polar surface area (TPSA) is 75.2 Å². The van der Waals surface area contributed by atoms with Gasteiger partial charge in [-0.05, 0) is 33.6 Å². The second-order valence-corrected chi connectivity index (χ2v) is 7.05. The highest BCUT2D eigenvalue weighted by molar-refractivity contribution is 5.80. The van der Waals surface area contributed by atoms with Crippen LogP contribution in [-0.2, 0) is 9.47 Å². The lowest BCUT2D eigenvalue weighted by atomic mass is 10.1. The van der Waals surface area contributed by atoms with Crippen molar-refractivity contribution >= 4 is 12.1 Å². The number of hydrogen-bond donors (Lipinski definition) is 2. The first-order valence-corrected chi connectivity index (χ1v) is 8.88. The molecule has 140 valence electrons. The molecule has 0 radical (unpaired) electrons. The Kier molecular flexibility index (Phi) is 8.89. The van der Waals surface area contributed by atoms with Gasteiger partial charge in [0.25, 0.3) is 0 Å². The molecular weight excluding hydrogens is 308 g/mol. The molecule has 7 heteroatoms. The Labute approximate surface area is 146 Å². The number of unbranched alkanes of at least 4 members (excludes halogenated alkanes) is 1. The number of hydrogen-bond acceptors (Lipinski definition) is 4. The maximum atomic E-state index is 11.9. The first-order chi connectivity index (χ1) is 11.4. The van der Waals surface area contributed by atoms with E-state index in [-0.39, 0.29) is 12.1 Å². The van der Waals surface area contributed by atoms with Crippen molar-refractivity contribution in [3.63, 3.8) is 0 Å². The monoisotopic (exact) mass is 342 g/mol. The van der Waals surface area contributed by atoms with E-state index < -0.39 is 5.60 Å². The van der Waals surface area contributed by atoms with Gasteiger partial charge in [0.1, 0.15) is 5.60 Å². The Morgan fingerprint density at radius 3 is 2.50 bits per heavy atom. The molecule has 0 spiro atoms. The molecule has 1 aliphatic heterocycles. The van der Waals surface area contributed by atoms with Gasteiger partial charge in [-0.15, -0.1) is 0 Å². The average molecular weight is 342 g/mol. The third-order valence-electron chi connectivity index (χ3n) is 3.50. The largest absolute Gasteiger partial charge is 0.444 e. The molecule has 2 N–H and O–H groups in total. The van der Waals surface area contributed by atoms with Crippen LogP contribution >= 0.6 is 0 Å². The third-order valence-corrected chi connectivity index (χ3v) is 3.50. The molecule has 7 nitrogen and oxygen atoms in total. The summed E-state index contributed by atoms with van der Waals surface area (Å²) in [5.41, 5.74) is -0.452. The summed E-state index contributed by atoms with van der Waals surface area (Å²) in [6, 6.07) is 0.213. The Balaban J connectivity index is 2.12. The molecule has 1 amide bonds. The van der Waals surface area contributed by atoms with E-state index in [4.69, 9.17) is 9.47 Å². The molecule has 1 saturated heterocycles. The first-order valence-electron chi connectivity index (χ1n) is 8.88. The molecule has 0 aromatic heterocycles. The van der Waals surface area contributed by atoms with Gasteiger partial charge in [-0.1, -0.05) is 13.3 Å². The number of aliphatic imine (C=N–C) groups is 1. The molecular formula is C17H34N4O3. The van der Waals surface area contributed by atoms with Crippen LogP contribution in [0.25, 0.3) is 0 Å². The number of nitrogens with zero attached hydrogens (tertiary/aromatic N) is 2. The number of nitrogens with one attached hydrogen (secondary N) is 2. The third kappa shape index (κ3) is 8.38. The van der Waals surface area contributed by atoms with Crippen LogP contribution in [0.15, 0.2) is 4.99 Å². The Hall–Kier alpha value is -1.50. The highest BCUT2D eigenvalue weighted by Gasteiger charge is 2.34. The van der Waals surface area contributed by atoms with Crippen molar-refractivity contribution in [2.45, 2.75) is 58.6 Å². The van der Waals surface area contributed by atoms with E-state index in [1.807, 2.05) is 20.8 Å². The summed E-state index contributed by atoms with van der Waals surface area (Å²) in [6.45, 7) is 11.5. The maximum Gasteiger partial charge on any atom is 0.410 e. The number of amides is 1. The fourth-order valence-electron chi connectivity index (χ4n) is 2.16. The van der Waals surface area contributed by atoms with Crippen LogP contribution < -0.4 is 10.6 Å². The predicted octanol–water partition coefficient (Wildman–Crippen LogP) is 1.98. The molecule has 1 aliphatic rings. The molecule has 24 heavy (non-hydrogen) atoms. The van der Waals surface area contributed by atoms with Crippen LogP contribution in [0.3, 0.4) is 0 Å². The van der Waals surface area contributed by atoms with Crippen molar-refractivity contribution in [2.75, 3.05) is 39.9 Å². The van der Waals surface area contributed by atoms with Crippen LogP contribution in [-0.4, -0.2) is 68.5 Å². The van der Waals surface area contributed by atoms with E-state index >= 15 is 0 Å². The highest BCUT2D eigenvalue weighted by Crippen LogP contribution is 2.15. The number of carbonyl (C=O) groups excluding carboxylic acids is 1. The van der Waals surface area contributed by atoms with E-state index in [2.05, 4.69) is 22.5 Å². The van der Waals surface area contributed by atoms with Crippen LogP contribution in [0.4, 0.5) is 4.79 Å². The van der Waals surface area contributed by atoms with Gasteiger partial charge in [-0.3, -0.25) is 4.99 Å². The first kappa shape index (κ1) is 20.5. The second-order valence-electron chi connectivity index (χ2n) is 7.05. The van der Waals surface area contributed by atoms with Crippen molar-refractivity contribution in [2.24, 2.45) is 4.99 Å². The van der Waals surface area contributed by atoms with E-state index in [1.165, 1.54) is 0 Å². The Morgan fingerprint density at radius 1 is 1.25 bits per heavy atom. The molecule has 0 aromatic rings. The molecule has 0 atom stereocenters. The van der Waals surface area contributed by atoms with Gasteiger partial charge < -0.3 is 25.0 Å². The number of likely N-dealkylation sites (tertiary alicyclic amines) is 1. The van der Waals surface area contributed by atoms with Gasteiger partial charge in [0.15, 0.2) is 5.96 Å². The van der Waals surface area contributed by atoms with E-state index in [9.17, 15) is 4.79 Å². The molecule has 0 bridgehead atoms. The van der Waals surface area contributed by atoms with Gasteiger partial charge >= 0.3 is 6.09 Å². The van der Waals surface area contributed by atoms with Crippen molar-refractivity contribution in [3.8, 4) is 0 Å².